The van der Waals surface area contributed by atoms with Crippen LogP contribution in [-0.2, 0) is 5.41 Å². The fraction of sp³-hybridized carbons (Fsp3) is 0.571. The molecule has 2 fully saturated rings. The van der Waals surface area contributed by atoms with Crippen LogP contribution in [0.5, 0.6) is 0 Å². The summed E-state index contributed by atoms with van der Waals surface area (Å²) < 4.78 is 14.0. The Hall–Kier alpha value is -0.600. The first-order chi connectivity index (χ1) is 8.24. The molecule has 0 aromatic heterocycles. The Morgan fingerprint density at radius 2 is 1.94 bits per heavy atom. The highest BCUT2D eigenvalue weighted by Gasteiger charge is 2.52. The molecule has 1 aliphatic heterocycles. The van der Waals surface area contributed by atoms with Gasteiger partial charge in [0.1, 0.15) is 5.82 Å². The maximum atomic E-state index is 14.0. The van der Waals surface area contributed by atoms with Crippen LogP contribution in [0.3, 0.4) is 0 Å². The predicted octanol–water partition coefficient (Wildman–Crippen LogP) is 3.51. The Kier molecular flexibility index (Phi) is 2.87. The standard InChI is InChI=1S/C14H17ClFN/c15-11-2-1-3-12(16)13(11)14(6-7-14)10-4-8-17-9-5-10/h1-3,10,17H,4-9H2. The van der Waals surface area contributed by atoms with E-state index in [1.165, 1.54) is 0 Å². The van der Waals surface area contributed by atoms with E-state index in [2.05, 4.69) is 5.32 Å². The van der Waals surface area contributed by atoms with Gasteiger partial charge in [-0.3, -0.25) is 0 Å². The fourth-order valence-electron chi connectivity index (χ4n) is 3.35. The van der Waals surface area contributed by atoms with E-state index < -0.39 is 0 Å². The highest BCUT2D eigenvalue weighted by atomic mass is 35.5. The zero-order chi connectivity index (χ0) is 11.9. The molecular weight excluding hydrogens is 237 g/mol. The minimum atomic E-state index is -0.117. The van der Waals surface area contributed by atoms with Crippen molar-refractivity contribution in [3.8, 4) is 0 Å². The minimum Gasteiger partial charge on any atom is -0.317 e. The third-order valence-corrected chi connectivity index (χ3v) is 4.68. The number of nitrogens with one attached hydrogen (secondary N) is 1. The van der Waals surface area contributed by atoms with Gasteiger partial charge in [-0.1, -0.05) is 17.7 Å². The van der Waals surface area contributed by atoms with E-state index in [4.69, 9.17) is 11.6 Å². The molecule has 1 aliphatic carbocycles. The molecule has 0 atom stereocenters. The number of piperidine rings is 1. The molecule has 1 N–H and O–H groups in total. The first-order valence-electron chi connectivity index (χ1n) is 6.39. The quantitative estimate of drug-likeness (QED) is 0.851. The molecule has 1 nitrogen and oxygen atoms in total. The van der Waals surface area contributed by atoms with Crippen molar-refractivity contribution in [1.29, 1.82) is 0 Å². The minimum absolute atomic E-state index is 0.0462. The fourth-order valence-corrected chi connectivity index (χ4v) is 3.70. The molecule has 3 heteroatoms. The second-order valence-electron chi connectivity index (χ2n) is 5.28. The molecular formula is C14H17ClFN. The van der Waals surface area contributed by atoms with Crippen LogP contribution < -0.4 is 5.32 Å². The van der Waals surface area contributed by atoms with Crippen LogP contribution in [0.1, 0.15) is 31.2 Å². The number of hydrogen-bond acceptors (Lipinski definition) is 1. The van der Waals surface area contributed by atoms with E-state index >= 15 is 0 Å². The number of hydrogen-bond donors (Lipinski definition) is 1. The maximum absolute atomic E-state index is 14.0. The Balaban J connectivity index is 1.97. The van der Waals surface area contributed by atoms with Crippen LogP contribution in [0, 0.1) is 11.7 Å². The van der Waals surface area contributed by atoms with Crippen molar-refractivity contribution < 1.29 is 4.39 Å². The summed E-state index contributed by atoms with van der Waals surface area (Å²) in [5, 5.41) is 3.98. The molecule has 1 saturated carbocycles. The zero-order valence-corrected chi connectivity index (χ0v) is 10.6. The van der Waals surface area contributed by atoms with Crippen molar-refractivity contribution in [3.05, 3.63) is 34.6 Å². The van der Waals surface area contributed by atoms with Crippen LogP contribution in [0.25, 0.3) is 0 Å². The summed E-state index contributed by atoms with van der Waals surface area (Å²) in [4.78, 5) is 0. The van der Waals surface area contributed by atoms with E-state index in [1.54, 1.807) is 12.1 Å². The van der Waals surface area contributed by atoms with Gasteiger partial charge in [0, 0.05) is 16.0 Å². The van der Waals surface area contributed by atoms with Crippen LogP contribution in [0.15, 0.2) is 18.2 Å². The lowest BCUT2D eigenvalue weighted by atomic mass is 9.77. The van der Waals surface area contributed by atoms with Gasteiger partial charge >= 0.3 is 0 Å². The molecule has 1 aromatic rings. The van der Waals surface area contributed by atoms with Gasteiger partial charge in [0.2, 0.25) is 0 Å². The summed E-state index contributed by atoms with van der Waals surface area (Å²) >= 11 is 6.22. The van der Waals surface area contributed by atoms with Gasteiger partial charge in [-0.25, -0.2) is 4.39 Å². The van der Waals surface area contributed by atoms with E-state index in [9.17, 15) is 4.39 Å². The Morgan fingerprint density at radius 3 is 2.53 bits per heavy atom. The average Bonchev–Trinajstić information content (AvgIpc) is 3.12. The van der Waals surface area contributed by atoms with Crippen molar-refractivity contribution in [2.75, 3.05) is 13.1 Å². The van der Waals surface area contributed by atoms with E-state index in [0.717, 1.165) is 44.3 Å². The van der Waals surface area contributed by atoms with E-state index in [1.807, 2.05) is 6.07 Å². The molecule has 92 valence electrons. The molecule has 17 heavy (non-hydrogen) atoms. The highest BCUT2D eigenvalue weighted by Crippen LogP contribution is 2.58. The maximum Gasteiger partial charge on any atom is 0.128 e. The molecule has 0 bridgehead atoms. The van der Waals surface area contributed by atoms with Crippen molar-refractivity contribution in [2.45, 2.75) is 31.1 Å². The molecule has 3 rings (SSSR count). The van der Waals surface area contributed by atoms with Gasteiger partial charge in [-0.05, 0) is 56.8 Å². The first kappa shape index (κ1) is 11.5. The van der Waals surface area contributed by atoms with Crippen molar-refractivity contribution >= 4 is 11.6 Å². The summed E-state index contributed by atoms with van der Waals surface area (Å²) in [7, 11) is 0. The number of rotatable bonds is 2. The molecule has 2 aliphatic rings. The monoisotopic (exact) mass is 253 g/mol. The van der Waals surface area contributed by atoms with Gasteiger partial charge in [-0.2, -0.15) is 0 Å². The van der Waals surface area contributed by atoms with Gasteiger partial charge in [0.25, 0.3) is 0 Å². The van der Waals surface area contributed by atoms with Crippen LogP contribution in [0.2, 0.25) is 5.02 Å². The molecule has 0 radical (unpaired) electrons. The van der Waals surface area contributed by atoms with Crippen molar-refractivity contribution in [1.82, 2.24) is 5.32 Å². The number of halogens is 2. The Labute approximate surface area is 106 Å². The van der Waals surface area contributed by atoms with Gasteiger partial charge < -0.3 is 5.32 Å². The third kappa shape index (κ3) is 1.88. The van der Waals surface area contributed by atoms with Gasteiger partial charge in [-0.15, -0.1) is 0 Å². The molecule has 0 spiro atoms. The van der Waals surface area contributed by atoms with Gasteiger partial charge in [0.15, 0.2) is 0 Å². The number of benzene rings is 1. The van der Waals surface area contributed by atoms with E-state index in [0.29, 0.717) is 10.9 Å². The summed E-state index contributed by atoms with van der Waals surface area (Å²) in [6.45, 7) is 2.11. The third-order valence-electron chi connectivity index (χ3n) is 4.37. The summed E-state index contributed by atoms with van der Waals surface area (Å²) in [6, 6.07) is 5.06. The Bertz CT molecular complexity index is 402. The van der Waals surface area contributed by atoms with E-state index in [-0.39, 0.29) is 11.2 Å². The van der Waals surface area contributed by atoms with Crippen molar-refractivity contribution in [3.63, 3.8) is 0 Å². The lowest BCUT2D eigenvalue weighted by molar-refractivity contribution is 0.297. The molecule has 0 amide bonds. The smallest absolute Gasteiger partial charge is 0.128 e. The lowest BCUT2D eigenvalue weighted by Gasteiger charge is -2.32. The first-order valence-corrected chi connectivity index (χ1v) is 6.77. The second-order valence-corrected chi connectivity index (χ2v) is 5.68. The molecule has 1 aromatic carbocycles. The predicted molar refractivity (Wildman–Crippen MR) is 67.9 cm³/mol. The van der Waals surface area contributed by atoms with Crippen molar-refractivity contribution in [2.24, 2.45) is 5.92 Å². The largest absolute Gasteiger partial charge is 0.317 e. The van der Waals surface area contributed by atoms with Crippen LogP contribution in [-0.4, -0.2) is 13.1 Å². The molecule has 0 unspecified atom stereocenters. The summed E-state index contributed by atoms with van der Waals surface area (Å²) in [5.41, 5.74) is 0.832. The van der Waals surface area contributed by atoms with Crippen LogP contribution in [0.4, 0.5) is 4.39 Å². The summed E-state index contributed by atoms with van der Waals surface area (Å²) in [6.07, 6.45) is 4.48. The molecule has 1 saturated heterocycles. The Morgan fingerprint density at radius 1 is 1.24 bits per heavy atom. The van der Waals surface area contributed by atoms with Gasteiger partial charge in [0.05, 0.1) is 0 Å². The molecule has 1 heterocycles. The second kappa shape index (κ2) is 4.25. The zero-order valence-electron chi connectivity index (χ0n) is 9.81. The summed E-state index contributed by atoms with van der Waals surface area (Å²) in [5.74, 6) is 0.478. The van der Waals surface area contributed by atoms with Crippen LogP contribution >= 0.6 is 11.6 Å². The SMILES string of the molecule is Fc1cccc(Cl)c1C1(C2CCNCC2)CC1. The normalized spacial score (nSPS) is 23.6. The highest BCUT2D eigenvalue weighted by molar-refractivity contribution is 6.31. The lowest BCUT2D eigenvalue weighted by Crippen LogP contribution is -2.34. The average molecular weight is 254 g/mol. The topological polar surface area (TPSA) is 12.0 Å².